The lowest BCUT2D eigenvalue weighted by atomic mass is 9.79. The van der Waals surface area contributed by atoms with E-state index in [-0.39, 0.29) is 77.4 Å². The monoisotopic (exact) mass is 851 g/mol. The summed E-state index contributed by atoms with van der Waals surface area (Å²) >= 11 is 1.46. The topological polar surface area (TPSA) is 183 Å². The third-order valence-electron chi connectivity index (χ3n) is 10.5. The number of quaternary nitrogens is 1. The minimum atomic E-state index is -0.912. The molecule has 2 aromatic carbocycles. The Morgan fingerprint density at radius 2 is 1.52 bits per heavy atom. The average molecular weight is 852 g/mol. The van der Waals surface area contributed by atoms with Crippen LogP contribution in [0.4, 0.5) is 16.2 Å². The summed E-state index contributed by atoms with van der Waals surface area (Å²) in [6.45, 7) is 6.38. The van der Waals surface area contributed by atoms with Crippen LogP contribution in [0.25, 0.3) is 0 Å². The van der Waals surface area contributed by atoms with Crippen LogP contribution in [-0.4, -0.2) is 104 Å². The number of likely N-dealkylation sites (tertiary alicyclic amines) is 2. The van der Waals surface area contributed by atoms with Crippen molar-refractivity contribution in [2.75, 3.05) is 33.2 Å². The maximum absolute atomic E-state index is 13.7. The smallest absolute Gasteiger partial charge is 0.410 e. The van der Waals surface area contributed by atoms with Crippen molar-refractivity contribution in [2.24, 2.45) is 11.8 Å². The van der Waals surface area contributed by atoms with Crippen LogP contribution in [-0.2, 0) is 32.3 Å². The van der Waals surface area contributed by atoms with Gasteiger partial charge in [0.2, 0.25) is 5.91 Å². The minimum Gasteiger partial charge on any atom is -1.00 e. The van der Waals surface area contributed by atoms with Crippen LogP contribution in [0, 0.1) is 32.1 Å². The van der Waals surface area contributed by atoms with Gasteiger partial charge in [-0.1, -0.05) is 6.92 Å². The number of aliphatic hydroxyl groups is 1. The van der Waals surface area contributed by atoms with Crippen LogP contribution in [0.15, 0.2) is 59.1 Å². The van der Waals surface area contributed by atoms with E-state index in [0.717, 1.165) is 37.0 Å². The van der Waals surface area contributed by atoms with Crippen LogP contribution in [0.5, 0.6) is 0 Å². The number of non-ortho nitro benzene ring substituents is 2. The number of fused-ring (bicyclic) bond motifs is 1. The zero-order valence-electron chi connectivity index (χ0n) is 29.1. The summed E-state index contributed by atoms with van der Waals surface area (Å²) in [7, 11) is 2.20. The number of aliphatic hydroxyl groups excluding tert-OH is 1. The van der Waals surface area contributed by atoms with Crippen molar-refractivity contribution in [2.45, 2.75) is 69.8 Å². The molecule has 52 heavy (non-hydrogen) atoms. The number of ether oxygens (including phenoxy) is 2. The zero-order valence-corrected chi connectivity index (χ0v) is 32.1. The van der Waals surface area contributed by atoms with Gasteiger partial charge in [0.15, 0.2) is 0 Å². The molecule has 17 heteroatoms. The number of nitro groups is 2. The maximum atomic E-state index is 13.7. The fourth-order valence-electron chi connectivity index (χ4n) is 7.87. The molecule has 0 aliphatic carbocycles. The van der Waals surface area contributed by atoms with Gasteiger partial charge in [0, 0.05) is 59.7 Å². The fourth-order valence-corrected chi connectivity index (χ4v) is 9.43. The number of likely N-dealkylation sites (N-methyl/N-ethyl adjacent to an activating group) is 1. The molecule has 4 aliphatic rings. The molecule has 2 aromatic rings. The van der Waals surface area contributed by atoms with E-state index >= 15 is 0 Å². The summed E-state index contributed by atoms with van der Waals surface area (Å²) in [5.41, 5.74) is 1.16. The highest BCUT2D eigenvalue weighted by molar-refractivity contribution is 8.03. The summed E-state index contributed by atoms with van der Waals surface area (Å²) in [6.07, 6.45) is 1.45. The highest BCUT2D eigenvalue weighted by Gasteiger charge is 2.60. The molecule has 2 amide bonds. The third kappa shape index (κ3) is 8.06. The van der Waals surface area contributed by atoms with Gasteiger partial charge in [0.05, 0.1) is 60.6 Å². The van der Waals surface area contributed by atoms with E-state index in [1.54, 1.807) is 24.0 Å². The molecule has 4 heterocycles. The van der Waals surface area contributed by atoms with Crippen molar-refractivity contribution in [1.29, 1.82) is 0 Å². The molecule has 3 fully saturated rings. The van der Waals surface area contributed by atoms with Gasteiger partial charge in [-0.25, -0.2) is 9.59 Å². The van der Waals surface area contributed by atoms with E-state index < -0.39 is 40.0 Å². The fraction of sp³-hybridized carbons (Fsp3) is 0.514. The number of benzene rings is 2. The first-order valence-electron chi connectivity index (χ1n) is 17.1. The second kappa shape index (κ2) is 16.1. The number of carbonyl (C=O) groups excluding carboxylic acids is 3. The van der Waals surface area contributed by atoms with Gasteiger partial charge in [-0.15, -0.1) is 11.8 Å². The largest absolute Gasteiger partial charge is 1.00 e. The van der Waals surface area contributed by atoms with E-state index in [1.807, 2.05) is 6.92 Å². The van der Waals surface area contributed by atoms with Gasteiger partial charge in [-0.05, 0) is 48.7 Å². The molecular weight excluding hydrogens is 809 g/mol. The van der Waals surface area contributed by atoms with Crippen molar-refractivity contribution < 1.29 is 67.3 Å². The van der Waals surface area contributed by atoms with Crippen LogP contribution in [0.2, 0.25) is 0 Å². The first-order valence-corrected chi connectivity index (χ1v) is 18.0. The van der Waals surface area contributed by atoms with E-state index in [4.69, 9.17) is 9.47 Å². The lowest BCUT2D eigenvalue weighted by Gasteiger charge is -2.46. The molecule has 280 valence electrons. The van der Waals surface area contributed by atoms with Crippen molar-refractivity contribution in [3.63, 3.8) is 0 Å². The number of esters is 1. The van der Waals surface area contributed by atoms with E-state index in [2.05, 4.69) is 7.05 Å². The van der Waals surface area contributed by atoms with Gasteiger partial charge in [-0.3, -0.25) is 29.9 Å². The zero-order chi connectivity index (χ0) is 36.6. The number of β-lactam (4-membered cyclic amide) rings is 1. The molecule has 0 radical (unpaired) electrons. The predicted molar refractivity (Wildman–Crippen MR) is 185 cm³/mol. The normalized spacial score (nSPS) is 25.2. The Hall–Kier alpha value is -3.81. The standard InChI is InChI=1S/C35H42N5O10S.HI/c1-21-30-29(22(2)41)33(42)37(30)31(34(43)49-19-23-6-10-25(11-7-23)38(45)46)32(21)51-28-16-27(18-40(3)14-4-5-15-40)36(17-28)35(44)50-20-24-8-12-26(13-9-24)39(47)48;/h6-13,21-22,27-30,41H,4-5,14-20H2,1-3H3;1H/q+1;/p-1/t21-,22-,27+,28+,29-,30-;/m1./s1. The summed E-state index contributed by atoms with van der Waals surface area (Å²) in [4.78, 5) is 65.6. The molecule has 6 rings (SSSR count). The number of nitro benzene ring substituents is 2. The Morgan fingerprint density at radius 1 is 0.981 bits per heavy atom. The Kier molecular flexibility index (Phi) is 12.2. The second-order valence-electron chi connectivity index (χ2n) is 14.2. The molecule has 0 aromatic heterocycles. The SMILES string of the molecule is C[C@@H](O)[C@H]1C(=O)N2C(C(=O)OCc3ccc([N+](=O)[O-])cc3)=C(S[C@H]3C[C@@H](C[N+]4(C)CCCC4)N(C(=O)OCc4ccc([N+](=O)[O-])cc4)C3)[C@H](C)[C@H]12.[I-]. The molecule has 15 nitrogen and oxygen atoms in total. The van der Waals surface area contributed by atoms with Crippen molar-refractivity contribution in [3.05, 3.63) is 90.5 Å². The Labute approximate surface area is 322 Å². The van der Waals surface area contributed by atoms with E-state index in [0.29, 0.717) is 29.0 Å². The first kappa shape index (κ1) is 39.4. The highest BCUT2D eigenvalue weighted by Crippen LogP contribution is 2.52. The molecule has 0 bridgehead atoms. The summed E-state index contributed by atoms with van der Waals surface area (Å²) < 4.78 is 12.2. The van der Waals surface area contributed by atoms with E-state index in [1.165, 1.54) is 53.1 Å². The average Bonchev–Trinajstić information content (AvgIpc) is 3.77. The maximum Gasteiger partial charge on any atom is 0.410 e. The number of nitrogens with zero attached hydrogens (tertiary/aromatic N) is 5. The molecule has 1 N–H and O–H groups in total. The quantitative estimate of drug-likeness (QED) is 0.0814. The number of amides is 2. The molecule has 0 saturated carbocycles. The van der Waals surface area contributed by atoms with Crippen molar-refractivity contribution in [3.8, 4) is 0 Å². The number of rotatable bonds is 12. The number of carbonyl (C=O) groups is 3. The molecule has 4 aliphatic heterocycles. The highest BCUT2D eigenvalue weighted by atomic mass is 127. The van der Waals surface area contributed by atoms with Crippen LogP contribution < -0.4 is 24.0 Å². The lowest BCUT2D eigenvalue weighted by Crippen LogP contribution is -3.00. The summed E-state index contributed by atoms with van der Waals surface area (Å²) in [5, 5.41) is 32.4. The Balaban J connectivity index is 0.00000523. The molecule has 0 spiro atoms. The van der Waals surface area contributed by atoms with Gasteiger partial charge in [0.25, 0.3) is 11.4 Å². The van der Waals surface area contributed by atoms with Gasteiger partial charge < -0.3 is 47.9 Å². The van der Waals surface area contributed by atoms with Crippen molar-refractivity contribution >= 4 is 41.1 Å². The van der Waals surface area contributed by atoms with Crippen LogP contribution in [0.1, 0.15) is 44.2 Å². The Bertz CT molecular complexity index is 1730. The first-order chi connectivity index (χ1) is 24.3. The summed E-state index contributed by atoms with van der Waals surface area (Å²) in [5.74, 6) is -2.00. The summed E-state index contributed by atoms with van der Waals surface area (Å²) in [6, 6.07) is 11.0. The van der Waals surface area contributed by atoms with Crippen LogP contribution >= 0.6 is 11.8 Å². The minimum absolute atomic E-state index is 0. The molecule has 6 atom stereocenters. The molecule has 3 saturated heterocycles. The number of hydrogen-bond acceptors (Lipinski definition) is 11. The van der Waals surface area contributed by atoms with Gasteiger partial charge in [-0.2, -0.15) is 0 Å². The molecule has 0 unspecified atom stereocenters. The lowest BCUT2D eigenvalue weighted by molar-refractivity contribution is -0.899. The number of halogens is 1. The van der Waals surface area contributed by atoms with Crippen LogP contribution in [0.3, 0.4) is 0 Å². The number of thioether (sulfide) groups is 1. The predicted octanol–water partition coefficient (Wildman–Crippen LogP) is 1.37. The van der Waals surface area contributed by atoms with Gasteiger partial charge in [0.1, 0.15) is 18.9 Å². The molecular formula is C35H42IN5O10S. The Morgan fingerprint density at radius 3 is 2.04 bits per heavy atom. The van der Waals surface area contributed by atoms with Gasteiger partial charge >= 0.3 is 12.1 Å². The number of hydrogen-bond donors (Lipinski definition) is 1. The second-order valence-corrected chi connectivity index (χ2v) is 15.5. The third-order valence-corrected chi connectivity index (χ3v) is 12.0. The van der Waals surface area contributed by atoms with Crippen molar-refractivity contribution in [1.82, 2.24) is 9.80 Å². The van der Waals surface area contributed by atoms with E-state index in [9.17, 15) is 39.7 Å².